The van der Waals surface area contributed by atoms with E-state index in [1.165, 1.54) is 17.8 Å². The second-order valence-corrected chi connectivity index (χ2v) is 10.1. The maximum Gasteiger partial charge on any atom is 0.319 e. The topological polar surface area (TPSA) is 67.8 Å². The lowest BCUT2D eigenvalue weighted by Crippen LogP contribution is -2.44. The number of methoxy groups -OCH3 is 2. The lowest BCUT2D eigenvalue weighted by atomic mass is 9.93. The highest BCUT2D eigenvalue weighted by atomic mass is 79.9. The van der Waals surface area contributed by atoms with Gasteiger partial charge in [-0.1, -0.05) is 22.0 Å². The van der Waals surface area contributed by atoms with Crippen molar-refractivity contribution in [2.45, 2.75) is 37.6 Å². The Morgan fingerprint density at radius 1 is 1.17 bits per heavy atom. The minimum absolute atomic E-state index is 0.345. The first-order chi connectivity index (χ1) is 14.0. The molecule has 1 unspecified atom stereocenters. The van der Waals surface area contributed by atoms with E-state index >= 15 is 0 Å². The fraction of sp³-hybridized carbons (Fsp3) is 0.409. The molecule has 2 aromatic rings. The van der Waals surface area contributed by atoms with E-state index in [1.807, 2.05) is 19.1 Å². The average Bonchev–Trinajstić information content (AvgIpc) is 2.72. The van der Waals surface area contributed by atoms with Crippen LogP contribution in [0, 0.1) is 5.82 Å². The smallest absolute Gasteiger partial charge is 0.319 e. The highest BCUT2D eigenvalue weighted by Gasteiger charge is 2.35. The molecule has 0 aliphatic carbocycles. The summed E-state index contributed by atoms with van der Waals surface area (Å²) in [5.41, 5.74) is 0.497. The molecule has 0 aliphatic rings. The Labute approximate surface area is 189 Å². The highest BCUT2D eigenvalue weighted by molar-refractivity contribution is 9.10. The first-order valence-electron chi connectivity index (χ1n) is 9.31. The van der Waals surface area contributed by atoms with Crippen LogP contribution < -0.4 is 14.8 Å². The number of thioether (sulfide) groups is 1. The van der Waals surface area contributed by atoms with Gasteiger partial charge in [0.2, 0.25) is 0 Å². The number of hydrogen-bond acceptors (Lipinski definition) is 5. The summed E-state index contributed by atoms with van der Waals surface area (Å²) in [6, 6.07) is 10.3. The van der Waals surface area contributed by atoms with Crippen molar-refractivity contribution in [2.24, 2.45) is 0 Å². The number of ether oxygens (including phenoxy) is 2. The van der Waals surface area contributed by atoms with Gasteiger partial charge in [-0.2, -0.15) is 0 Å². The van der Waals surface area contributed by atoms with Crippen LogP contribution in [0.2, 0.25) is 0 Å². The number of carboxylic acids is 1. The molecule has 0 fully saturated rings. The summed E-state index contributed by atoms with van der Waals surface area (Å²) in [7, 11) is 3.16. The van der Waals surface area contributed by atoms with Gasteiger partial charge in [-0.25, -0.2) is 4.39 Å². The summed E-state index contributed by atoms with van der Waals surface area (Å²) in [4.78, 5) is 11.6. The van der Waals surface area contributed by atoms with Gasteiger partial charge in [0.25, 0.3) is 0 Å². The third kappa shape index (κ3) is 5.89. The van der Waals surface area contributed by atoms with Gasteiger partial charge in [-0.15, -0.1) is 11.8 Å². The lowest BCUT2D eigenvalue weighted by Gasteiger charge is -2.34. The van der Waals surface area contributed by atoms with E-state index in [-0.39, 0.29) is 5.82 Å². The van der Waals surface area contributed by atoms with Crippen molar-refractivity contribution in [3.8, 4) is 11.5 Å². The molecular formula is C22H27BrFNO4S. The number of carbonyl (C=O) groups is 1. The number of aliphatic carboxylic acids is 1. The zero-order valence-corrected chi connectivity index (χ0v) is 20.1. The van der Waals surface area contributed by atoms with Gasteiger partial charge >= 0.3 is 5.97 Å². The van der Waals surface area contributed by atoms with E-state index in [1.54, 1.807) is 46.3 Å². The van der Waals surface area contributed by atoms with E-state index in [2.05, 4.69) is 21.2 Å². The molecule has 2 aromatic carbocycles. The molecule has 2 N–H and O–H groups in total. The molecule has 164 valence electrons. The van der Waals surface area contributed by atoms with Crippen molar-refractivity contribution < 1.29 is 23.8 Å². The van der Waals surface area contributed by atoms with Crippen LogP contribution in [0.1, 0.15) is 31.9 Å². The van der Waals surface area contributed by atoms with Crippen LogP contribution in [0.5, 0.6) is 11.5 Å². The normalized spacial score (nSPS) is 13.6. The molecule has 5 nitrogen and oxygen atoms in total. The van der Waals surface area contributed by atoms with Crippen molar-refractivity contribution in [1.29, 1.82) is 0 Å². The van der Waals surface area contributed by atoms with Gasteiger partial charge in [0.05, 0.1) is 19.8 Å². The van der Waals surface area contributed by atoms with E-state index in [9.17, 15) is 14.3 Å². The number of carboxylic acid groups (broad SMARTS) is 1. The lowest BCUT2D eigenvalue weighted by molar-refractivity contribution is -0.138. The quantitative estimate of drug-likeness (QED) is 0.467. The fourth-order valence-corrected chi connectivity index (χ4v) is 4.21. The van der Waals surface area contributed by atoms with Crippen molar-refractivity contribution in [3.63, 3.8) is 0 Å². The largest absolute Gasteiger partial charge is 0.497 e. The Morgan fingerprint density at radius 2 is 1.87 bits per heavy atom. The van der Waals surface area contributed by atoms with Crippen LogP contribution in [0.15, 0.2) is 40.9 Å². The third-order valence-electron chi connectivity index (χ3n) is 4.92. The second-order valence-electron chi connectivity index (χ2n) is 7.59. The highest BCUT2D eigenvalue weighted by Crippen LogP contribution is 2.36. The van der Waals surface area contributed by atoms with Crippen LogP contribution in [-0.2, 0) is 16.9 Å². The SMILES string of the molecule is COc1ccc(CNC(C)(CSC(C)(C)C(=O)O)c2cc(Br)ccc2F)c(OC)c1. The van der Waals surface area contributed by atoms with Crippen LogP contribution >= 0.6 is 27.7 Å². The molecule has 0 heterocycles. The molecule has 0 aromatic heterocycles. The number of rotatable bonds is 10. The Bertz CT molecular complexity index is 909. The number of benzene rings is 2. The molecular weight excluding hydrogens is 473 g/mol. The molecule has 0 saturated carbocycles. The predicted octanol–water partition coefficient (Wildman–Crippen LogP) is 5.21. The van der Waals surface area contributed by atoms with Gasteiger partial charge in [0.1, 0.15) is 22.1 Å². The second kappa shape index (κ2) is 10.0. The van der Waals surface area contributed by atoms with Gasteiger partial charge in [0.15, 0.2) is 0 Å². The summed E-state index contributed by atoms with van der Waals surface area (Å²) in [6.07, 6.45) is 0. The number of hydrogen-bond donors (Lipinski definition) is 2. The van der Waals surface area contributed by atoms with E-state index in [0.717, 1.165) is 10.0 Å². The van der Waals surface area contributed by atoms with Crippen LogP contribution in [0.3, 0.4) is 0 Å². The molecule has 0 amide bonds. The van der Waals surface area contributed by atoms with E-state index < -0.39 is 16.3 Å². The van der Waals surface area contributed by atoms with Gasteiger partial charge < -0.3 is 19.9 Å². The molecule has 2 rings (SSSR count). The summed E-state index contributed by atoms with van der Waals surface area (Å²) < 4.78 is 25.2. The molecule has 8 heteroatoms. The first-order valence-corrected chi connectivity index (χ1v) is 11.1. The van der Waals surface area contributed by atoms with Gasteiger partial charge in [0, 0.05) is 34.0 Å². The van der Waals surface area contributed by atoms with Crippen LogP contribution in [0.25, 0.3) is 0 Å². The maximum absolute atomic E-state index is 14.8. The molecule has 0 bridgehead atoms. The Balaban J connectivity index is 2.36. The summed E-state index contributed by atoms with van der Waals surface area (Å²) in [5, 5.41) is 12.9. The molecule has 0 radical (unpaired) electrons. The van der Waals surface area contributed by atoms with Crippen molar-refractivity contribution in [3.05, 3.63) is 57.8 Å². The molecule has 30 heavy (non-hydrogen) atoms. The van der Waals surface area contributed by atoms with Crippen molar-refractivity contribution >= 4 is 33.7 Å². The minimum atomic E-state index is -1.01. The minimum Gasteiger partial charge on any atom is -0.497 e. The van der Waals surface area contributed by atoms with Crippen LogP contribution in [-0.4, -0.2) is 35.8 Å². The molecule has 1 atom stereocenters. The van der Waals surface area contributed by atoms with Crippen LogP contribution in [0.4, 0.5) is 4.39 Å². The Kier molecular flexibility index (Phi) is 8.19. The molecule has 0 aliphatic heterocycles. The maximum atomic E-state index is 14.8. The average molecular weight is 500 g/mol. The summed E-state index contributed by atoms with van der Waals surface area (Å²) in [6.45, 7) is 5.55. The standard InChI is InChI=1S/C22H27BrFNO4S/c1-21(2,20(26)27)30-13-22(3,17-10-15(23)7-9-18(17)24)25-12-14-6-8-16(28-4)11-19(14)29-5/h6-11,25H,12-13H2,1-5H3,(H,26,27). The molecule has 0 saturated heterocycles. The van der Waals surface area contributed by atoms with E-state index in [0.29, 0.717) is 29.4 Å². The predicted molar refractivity (Wildman–Crippen MR) is 122 cm³/mol. The number of halogens is 2. The monoisotopic (exact) mass is 499 g/mol. The third-order valence-corrected chi connectivity index (χ3v) is 7.03. The molecule has 0 spiro atoms. The zero-order chi connectivity index (χ0) is 22.5. The number of nitrogens with one attached hydrogen (secondary N) is 1. The summed E-state index contributed by atoms with van der Waals surface area (Å²) >= 11 is 4.67. The summed E-state index contributed by atoms with van der Waals surface area (Å²) in [5.74, 6) is 0.399. The Morgan fingerprint density at radius 3 is 2.47 bits per heavy atom. The van der Waals surface area contributed by atoms with Crippen molar-refractivity contribution in [2.75, 3.05) is 20.0 Å². The Hall–Kier alpha value is -1.77. The van der Waals surface area contributed by atoms with Gasteiger partial charge in [-0.05, 0) is 45.0 Å². The first kappa shape index (κ1) is 24.5. The zero-order valence-electron chi connectivity index (χ0n) is 17.7. The fourth-order valence-electron chi connectivity index (χ4n) is 2.82. The van der Waals surface area contributed by atoms with E-state index in [4.69, 9.17) is 9.47 Å². The van der Waals surface area contributed by atoms with Crippen molar-refractivity contribution in [1.82, 2.24) is 5.32 Å². The van der Waals surface area contributed by atoms with Gasteiger partial charge in [-0.3, -0.25) is 4.79 Å².